The van der Waals surface area contributed by atoms with E-state index < -0.39 is 35.6 Å². The number of nitrogens with one attached hydrogen (secondary N) is 2. The summed E-state index contributed by atoms with van der Waals surface area (Å²) in [5, 5.41) is 5.03. The van der Waals surface area contributed by atoms with Crippen molar-refractivity contribution in [3.05, 3.63) is 71.8 Å². The predicted molar refractivity (Wildman–Crippen MR) is 112 cm³/mol. The number of aromatic nitrogens is 2. The Kier molecular flexibility index (Phi) is 6.86. The SMILES string of the molecule is CC(=O)N[C@H](Cc1ccccc1F)C(=O)N[C@@H](Cc1cnc2ccccc2n1)C(N)=O. The fourth-order valence-electron chi connectivity index (χ4n) is 3.14. The molecule has 0 spiro atoms. The second-order valence-electron chi connectivity index (χ2n) is 7.07. The third-order valence-electron chi connectivity index (χ3n) is 4.65. The molecule has 0 saturated heterocycles. The van der Waals surface area contributed by atoms with Gasteiger partial charge in [-0.2, -0.15) is 0 Å². The average Bonchev–Trinajstić information content (AvgIpc) is 2.73. The van der Waals surface area contributed by atoms with Gasteiger partial charge in [-0.3, -0.25) is 19.4 Å². The van der Waals surface area contributed by atoms with E-state index in [1.54, 1.807) is 18.2 Å². The molecule has 0 aliphatic heterocycles. The number of carbonyl (C=O) groups excluding carboxylic acids is 3. The number of halogens is 1. The summed E-state index contributed by atoms with van der Waals surface area (Å²) in [5.74, 6) is -2.39. The summed E-state index contributed by atoms with van der Waals surface area (Å²) in [6, 6.07) is 11.0. The van der Waals surface area contributed by atoms with Crippen molar-refractivity contribution < 1.29 is 18.8 Å². The van der Waals surface area contributed by atoms with E-state index in [4.69, 9.17) is 5.73 Å². The van der Waals surface area contributed by atoms with Gasteiger partial charge in [-0.1, -0.05) is 30.3 Å². The number of hydrogen-bond donors (Lipinski definition) is 3. The standard InChI is InChI=1S/C22H22FN5O3/c1-13(29)26-20(10-14-6-2-3-7-16(14)23)22(31)28-19(21(24)30)11-15-12-25-17-8-4-5-9-18(17)27-15/h2-9,12,19-20H,10-11H2,1H3,(H2,24,30)(H,26,29)(H,28,31)/t19-,20+/m0/s1. The van der Waals surface area contributed by atoms with Crippen molar-refractivity contribution >= 4 is 28.8 Å². The van der Waals surface area contributed by atoms with E-state index in [0.717, 1.165) is 0 Å². The Balaban J connectivity index is 1.76. The van der Waals surface area contributed by atoms with Gasteiger partial charge in [-0.15, -0.1) is 0 Å². The first-order valence-electron chi connectivity index (χ1n) is 9.64. The number of nitrogens with two attached hydrogens (primary N) is 1. The lowest BCUT2D eigenvalue weighted by Gasteiger charge is -2.21. The third-order valence-corrected chi connectivity index (χ3v) is 4.65. The number of nitrogens with zero attached hydrogens (tertiary/aromatic N) is 2. The molecule has 160 valence electrons. The van der Waals surface area contributed by atoms with Crippen LogP contribution in [0.2, 0.25) is 0 Å². The van der Waals surface area contributed by atoms with Crippen molar-refractivity contribution in [1.82, 2.24) is 20.6 Å². The Morgan fingerprint density at radius 1 is 0.968 bits per heavy atom. The van der Waals surface area contributed by atoms with E-state index in [0.29, 0.717) is 16.7 Å². The molecule has 4 N–H and O–H groups in total. The van der Waals surface area contributed by atoms with Gasteiger partial charge in [0.2, 0.25) is 17.7 Å². The minimum absolute atomic E-state index is 0.0192. The lowest BCUT2D eigenvalue weighted by atomic mass is 10.0. The van der Waals surface area contributed by atoms with Gasteiger partial charge in [0.05, 0.1) is 16.7 Å². The summed E-state index contributed by atoms with van der Waals surface area (Å²) in [6.45, 7) is 1.25. The molecule has 2 aromatic carbocycles. The van der Waals surface area contributed by atoms with E-state index in [-0.39, 0.29) is 18.4 Å². The van der Waals surface area contributed by atoms with Crippen LogP contribution in [0.3, 0.4) is 0 Å². The second-order valence-corrected chi connectivity index (χ2v) is 7.07. The number of fused-ring (bicyclic) bond motifs is 1. The molecule has 31 heavy (non-hydrogen) atoms. The summed E-state index contributed by atoms with van der Waals surface area (Å²) in [6.07, 6.45) is 1.44. The second kappa shape index (κ2) is 9.75. The third kappa shape index (κ3) is 5.81. The van der Waals surface area contributed by atoms with Gasteiger partial charge in [-0.25, -0.2) is 9.37 Å². The molecule has 0 aliphatic rings. The van der Waals surface area contributed by atoms with Gasteiger partial charge in [0.15, 0.2) is 0 Å². The average molecular weight is 423 g/mol. The van der Waals surface area contributed by atoms with Gasteiger partial charge in [-0.05, 0) is 23.8 Å². The van der Waals surface area contributed by atoms with Crippen LogP contribution in [-0.4, -0.2) is 39.8 Å². The maximum Gasteiger partial charge on any atom is 0.243 e. The molecule has 0 bridgehead atoms. The van der Waals surface area contributed by atoms with Crippen LogP contribution in [0.4, 0.5) is 4.39 Å². The van der Waals surface area contributed by atoms with Crippen LogP contribution < -0.4 is 16.4 Å². The Hall–Kier alpha value is -3.88. The molecule has 2 atom stereocenters. The number of benzene rings is 2. The number of rotatable bonds is 8. The molecular formula is C22H22FN5O3. The molecule has 0 aliphatic carbocycles. The van der Waals surface area contributed by atoms with E-state index >= 15 is 0 Å². The maximum atomic E-state index is 14.0. The number of amides is 3. The van der Waals surface area contributed by atoms with Crippen LogP contribution in [0, 0.1) is 5.82 Å². The van der Waals surface area contributed by atoms with E-state index in [9.17, 15) is 18.8 Å². The summed E-state index contributed by atoms with van der Waals surface area (Å²) in [5.41, 5.74) is 7.54. The Bertz CT molecular complexity index is 1120. The Morgan fingerprint density at radius 2 is 1.65 bits per heavy atom. The fraction of sp³-hybridized carbons (Fsp3) is 0.227. The van der Waals surface area contributed by atoms with Crippen LogP contribution in [0.25, 0.3) is 11.0 Å². The smallest absolute Gasteiger partial charge is 0.243 e. The highest BCUT2D eigenvalue weighted by molar-refractivity contribution is 5.91. The Morgan fingerprint density at radius 3 is 2.32 bits per heavy atom. The van der Waals surface area contributed by atoms with Crippen molar-refractivity contribution in [3.8, 4) is 0 Å². The summed E-state index contributed by atoms with van der Waals surface area (Å²) < 4.78 is 14.0. The van der Waals surface area contributed by atoms with Gasteiger partial charge >= 0.3 is 0 Å². The number of primary amides is 1. The number of hydrogen-bond acceptors (Lipinski definition) is 5. The van der Waals surface area contributed by atoms with E-state index in [2.05, 4.69) is 20.6 Å². The largest absolute Gasteiger partial charge is 0.368 e. The molecular weight excluding hydrogens is 401 g/mol. The highest BCUT2D eigenvalue weighted by atomic mass is 19.1. The molecule has 9 heteroatoms. The zero-order valence-corrected chi connectivity index (χ0v) is 16.8. The van der Waals surface area contributed by atoms with Gasteiger partial charge < -0.3 is 16.4 Å². The molecule has 1 aromatic heterocycles. The summed E-state index contributed by atoms with van der Waals surface area (Å²) >= 11 is 0. The normalized spacial score (nSPS) is 12.7. The van der Waals surface area contributed by atoms with E-state index in [1.807, 2.05) is 12.1 Å². The molecule has 0 radical (unpaired) electrons. The predicted octanol–water partition coefficient (Wildman–Crippen LogP) is 1.03. The highest BCUT2D eigenvalue weighted by Gasteiger charge is 2.26. The first-order chi connectivity index (χ1) is 14.8. The lowest BCUT2D eigenvalue weighted by Crippen LogP contribution is -2.54. The monoisotopic (exact) mass is 423 g/mol. The molecule has 0 fully saturated rings. The van der Waals surface area contributed by atoms with Crippen molar-refractivity contribution in [3.63, 3.8) is 0 Å². The van der Waals surface area contributed by atoms with Crippen molar-refractivity contribution in [2.24, 2.45) is 5.73 Å². The van der Waals surface area contributed by atoms with Gasteiger partial charge in [0.25, 0.3) is 0 Å². The first-order valence-corrected chi connectivity index (χ1v) is 9.64. The molecule has 3 amide bonds. The van der Waals surface area contributed by atoms with Crippen LogP contribution in [0.5, 0.6) is 0 Å². The molecule has 0 unspecified atom stereocenters. The topological polar surface area (TPSA) is 127 Å². The van der Waals surface area contributed by atoms with Gasteiger partial charge in [0.1, 0.15) is 17.9 Å². The van der Waals surface area contributed by atoms with E-state index in [1.165, 1.54) is 31.3 Å². The van der Waals surface area contributed by atoms with Crippen molar-refractivity contribution in [2.45, 2.75) is 31.8 Å². The minimum Gasteiger partial charge on any atom is -0.368 e. The highest BCUT2D eigenvalue weighted by Crippen LogP contribution is 2.12. The molecule has 8 nitrogen and oxygen atoms in total. The minimum atomic E-state index is -1.08. The lowest BCUT2D eigenvalue weighted by molar-refractivity contribution is -0.130. The Labute approximate surface area is 178 Å². The molecule has 0 saturated carbocycles. The zero-order valence-electron chi connectivity index (χ0n) is 16.8. The van der Waals surface area contributed by atoms with Crippen LogP contribution >= 0.6 is 0 Å². The zero-order chi connectivity index (χ0) is 22.4. The van der Waals surface area contributed by atoms with Crippen LogP contribution in [0.1, 0.15) is 18.2 Å². The number of para-hydroxylation sites is 2. The van der Waals surface area contributed by atoms with Crippen LogP contribution in [0.15, 0.2) is 54.7 Å². The van der Waals surface area contributed by atoms with Crippen molar-refractivity contribution in [1.29, 1.82) is 0 Å². The first kappa shape index (κ1) is 21.8. The van der Waals surface area contributed by atoms with Gasteiger partial charge in [0, 0.05) is 26.0 Å². The van der Waals surface area contributed by atoms with Crippen molar-refractivity contribution in [2.75, 3.05) is 0 Å². The molecule has 1 heterocycles. The summed E-state index contributed by atoms with van der Waals surface area (Å²) in [4.78, 5) is 45.1. The molecule has 3 rings (SSSR count). The number of carbonyl (C=O) groups is 3. The molecule has 3 aromatic rings. The fourth-order valence-corrected chi connectivity index (χ4v) is 3.14. The maximum absolute atomic E-state index is 14.0. The quantitative estimate of drug-likeness (QED) is 0.499. The summed E-state index contributed by atoms with van der Waals surface area (Å²) in [7, 11) is 0. The van der Waals surface area contributed by atoms with Crippen LogP contribution in [-0.2, 0) is 27.2 Å².